The highest BCUT2D eigenvalue weighted by Gasteiger charge is 2.32. The van der Waals surface area contributed by atoms with Gasteiger partial charge < -0.3 is 15.0 Å². The zero-order valence-corrected chi connectivity index (χ0v) is 18.9. The number of hydrogen-bond acceptors (Lipinski definition) is 5. The molecule has 2 N–H and O–H groups in total. The van der Waals surface area contributed by atoms with E-state index < -0.39 is 21.7 Å². The van der Waals surface area contributed by atoms with Crippen molar-refractivity contribution in [3.05, 3.63) is 39.2 Å². The summed E-state index contributed by atoms with van der Waals surface area (Å²) in [6.07, 6.45) is 1.69. The standard InChI is InChI=1S/C19H24BrN3O5S/c1-19(2,3)28-18(25)22-13-6-8-23(9-7-13)29(26,27)16-11-21-17(24)14-5-4-12(20)10-15(14)16/h4-5,10-11,13H,6-9H2,1-3H3,(H,21,24)(H,22,25). The third-order valence-corrected chi connectivity index (χ3v) is 7.05. The fourth-order valence-electron chi connectivity index (χ4n) is 3.27. The number of aromatic nitrogens is 1. The second-order valence-corrected chi connectivity index (χ2v) is 10.8. The molecule has 8 nitrogen and oxygen atoms in total. The Bertz CT molecular complexity index is 1080. The Kier molecular flexibility index (Phi) is 6.07. The van der Waals surface area contributed by atoms with Crippen LogP contribution in [-0.4, -0.2) is 48.5 Å². The van der Waals surface area contributed by atoms with Crippen molar-refractivity contribution in [2.24, 2.45) is 0 Å². The van der Waals surface area contributed by atoms with Gasteiger partial charge in [-0.15, -0.1) is 0 Å². The highest BCUT2D eigenvalue weighted by atomic mass is 79.9. The van der Waals surface area contributed by atoms with Crippen LogP contribution in [0.3, 0.4) is 0 Å². The molecule has 158 valence electrons. The summed E-state index contributed by atoms with van der Waals surface area (Å²) in [5.41, 5.74) is -0.931. The molecule has 1 aromatic heterocycles. The van der Waals surface area contributed by atoms with E-state index in [-0.39, 0.29) is 29.6 Å². The van der Waals surface area contributed by atoms with Crippen molar-refractivity contribution in [1.29, 1.82) is 0 Å². The number of benzene rings is 1. The second kappa shape index (κ2) is 8.08. The van der Waals surface area contributed by atoms with Crippen molar-refractivity contribution >= 4 is 42.8 Å². The van der Waals surface area contributed by atoms with Crippen LogP contribution in [0.15, 0.2) is 38.6 Å². The molecule has 1 aliphatic heterocycles. The number of alkyl carbamates (subject to hydrolysis) is 1. The summed E-state index contributed by atoms with van der Waals surface area (Å²) in [6.45, 7) is 5.88. The van der Waals surface area contributed by atoms with Crippen molar-refractivity contribution in [1.82, 2.24) is 14.6 Å². The van der Waals surface area contributed by atoms with Crippen LogP contribution >= 0.6 is 15.9 Å². The molecule has 29 heavy (non-hydrogen) atoms. The van der Waals surface area contributed by atoms with Crippen LogP contribution in [-0.2, 0) is 14.8 Å². The van der Waals surface area contributed by atoms with Crippen molar-refractivity contribution in [3.63, 3.8) is 0 Å². The molecule has 3 rings (SSSR count). The van der Waals surface area contributed by atoms with Gasteiger partial charge in [0.1, 0.15) is 10.5 Å². The van der Waals surface area contributed by atoms with Gasteiger partial charge in [-0.25, -0.2) is 13.2 Å². The minimum Gasteiger partial charge on any atom is -0.444 e. The van der Waals surface area contributed by atoms with E-state index in [0.29, 0.717) is 28.1 Å². The highest BCUT2D eigenvalue weighted by molar-refractivity contribution is 9.10. The topological polar surface area (TPSA) is 109 Å². The van der Waals surface area contributed by atoms with E-state index >= 15 is 0 Å². The molecule has 1 aromatic carbocycles. The molecule has 0 aliphatic carbocycles. The molecule has 0 atom stereocenters. The van der Waals surface area contributed by atoms with Gasteiger partial charge in [-0.3, -0.25) is 4.79 Å². The Balaban J connectivity index is 1.77. The number of carbonyl (C=O) groups is 1. The maximum absolute atomic E-state index is 13.2. The number of pyridine rings is 1. The van der Waals surface area contributed by atoms with Gasteiger partial charge in [0, 0.05) is 40.6 Å². The van der Waals surface area contributed by atoms with E-state index in [2.05, 4.69) is 26.2 Å². The molecule has 2 aromatic rings. The lowest BCUT2D eigenvalue weighted by Crippen LogP contribution is -2.47. The number of sulfonamides is 1. The Morgan fingerprint density at radius 1 is 1.24 bits per heavy atom. The molecular formula is C19H24BrN3O5S. The fourth-order valence-corrected chi connectivity index (χ4v) is 5.26. The number of H-pyrrole nitrogens is 1. The normalized spacial score (nSPS) is 16.7. The number of nitrogens with one attached hydrogen (secondary N) is 2. The average Bonchev–Trinajstić information content (AvgIpc) is 2.60. The first-order chi connectivity index (χ1) is 13.5. The van der Waals surface area contributed by atoms with Crippen molar-refractivity contribution < 1.29 is 17.9 Å². The smallest absolute Gasteiger partial charge is 0.407 e. The third kappa shape index (κ3) is 4.99. The highest BCUT2D eigenvalue weighted by Crippen LogP contribution is 2.27. The second-order valence-electron chi connectivity index (χ2n) is 8.00. The summed E-state index contributed by atoms with van der Waals surface area (Å²) >= 11 is 3.33. The number of carbonyl (C=O) groups excluding carboxylic acids is 1. The van der Waals surface area contributed by atoms with Gasteiger partial charge in [0.25, 0.3) is 5.56 Å². The Morgan fingerprint density at radius 3 is 2.52 bits per heavy atom. The van der Waals surface area contributed by atoms with Gasteiger partial charge in [-0.1, -0.05) is 15.9 Å². The molecule has 1 saturated heterocycles. The van der Waals surface area contributed by atoms with E-state index in [1.165, 1.54) is 10.5 Å². The number of rotatable bonds is 3. The Morgan fingerprint density at radius 2 is 1.90 bits per heavy atom. The first kappa shape index (κ1) is 21.8. The predicted octanol–water partition coefficient (Wildman–Crippen LogP) is 2.97. The van der Waals surface area contributed by atoms with Gasteiger partial charge in [0.05, 0.1) is 0 Å². The molecule has 10 heteroatoms. The number of hydrogen-bond donors (Lipinski definition) is 2. The summed E-state index contributed by atoms with van der Waals surface area (Å²) in [5, 5.41) is 3.48. The van der Waals surface area contributed by atoms with Crippen LogP contribution < -0.4 is 10.9 Å². The number of fused-ring (bicyclic) bond motifs is 1. The SMILES string of the molecule is CC(C)(C)OC(=O)NC1CCN(S(=O)(=O)c2c[nH]c(=O)c3ccc(Br)cc23)CC1. The number of nitrogens with zero attached hydrogens (tertiary/aromatic N) is 1. The van der Waals surface area contributed by atoms with Gasteiger partial charge in [0.15, 0.2) is 0 Å². The maximum Gasteiger partial charge on any atom is 0.407 e. The lowest BCUT2D eigenvalue weighted by molar-refractivity contribution is 0.0489. The van der Waals surface area contributed by atoms with Gasteiger partial charge in [-0.2, -0.15) is 4.31 Å². The lowest BCUT2D eigenvalue weighted by atomic mass is 10.1. The van der Waals surface area contributed by atoms with E-state index in [4.69, 9.17) is 4.74 Å². The van der Waals surface area contributed by atoms with Crippen LogP contribution in [0.5, 0.6) is 0 Å². The van der Waals surface area contributed by atoms with Gasteiger partial charge >= 0.3 is 6.09 Å². The molecule has 0 spiro atoms. The predicted molar refractivity (Wildman–Crippen MR) is 113 cm³/mol. The van der Waals surface area contributed by atoms with Crippen LogP contribution in [0, 0.1) is 0 Å². The van der Waals surface area contributed by atoms with Gasteiger partial charge in [0.2, 0.25) is 10.0 Å². The molecule has 2 heterocycles. The molecular weight excluding hydrogens is 462 g/mol. The van der Waals surface area contributed by atoms with E-state index in [9.17, 15) is 18.0 Å². The van der Waals surface area contributed by atoms with Gasteiger partial charge in [-0.05, 0) is 51.8 Å². The monoisotopic (exact) mass is 485 g/mol. The number of aromatic amines is 1. The Labute approximate surface area is 177 Å². The first-order valence-corrected chi connectivity index (χ1v) is 11.5. The van der Waals surface area contributed by atoms with E-state index in [1.54, 1.807) is 39.0 Å². The minimum absolute atomic E-state index is 0.0620. The summed E-state index contributed by atoms with van der Waals surface area (Å²) in [6, 6.07) is 4.77. The van der Waals surface area contributed by atoms with E-state index in [0.717, 1.165) is 0 Å². The number of halogens is 1. The number of amides is 1. The average molecular weight is 486 g/mol. The summed E-state index contributed by atoms with van der Waals surface area (Å²) in [4.78, 5) is 26.6. The molecule has 1 fully saturated rings. The summed E-state index contributed by atoms with van der Waals surface area (Å²) in [7, 11) is -3.80. The Hall–Kier alpha value is -1.91. The molecule has 0 saturated carbocycles. The maximum atomic E-state index is 13.2. The van der Waals surface area contributed by atoms with Crippen LogP contribution in [0.4, 0.5) is 4.79 Å². The quantitative estimate of drug-likeness (QED) is 0.694. The van der Waals surface area contributed by atoms with Crippen molar-refractivity contribution in [2.75, 3.05) is 13.1 Å². The van der Waals surface area contributed by atoms with Crippen LogP contribution in [0.25, 0.3) is 10.8 Å². The van der Waals surface area contributed by atoms with Crippen LogP contribution in [0.1, 0.15) is 33.6 Å². The molecule has 0 radical (unpaired) electrons. The molecule has 0 bridgehead atoms. The molecule has 0 unspecified atom stereocenters. The fraction of sp³-hybridized carbons (Fsp3) is 0.474. The van der Waals surface area contributed by atoms with E-state index in [1.807, 2.05) is 0 Å². The number of ether oxygens (including phenoxy) is 1. The van der Waals surface area contributed by atoms with Crippen molar-refractivity contribution in [3.8, 4) is 0 Å². The first-order valence-electron chi connectivity index (χ1n) is 9.28. The summed E-state index contributed by atoms with van der Waals surface area (Å²) in [5.74, 6) is 0. The zero-order chi connectivity index (χ0) is 21.4. The minimum atomic E-state index is -3.80. The molecule has 1 amide bonds. The van der Waals surface area contributed by atoms with Crippen LogP contribution in [0.2, 0.25) is 0 Å². The lowest BCUT2D eigenvalue weighted by Gasteiger charge is -2.32. The van der Waals surface area contributed by atoms with Crippen molar-refractivity contribution in [2.45, 2.75) is 50.2 Å². The largest absolute Gasteiger partial charge is 0.444 e. The third-order valence-electron chi connectivity index (χ3n) is 4.62. The zero-order valence-electron chi connectivity index (χ0n) is 16.5. The summed E-state index contributed by atoms with van der Waals surface area (Å²) < 4.78 is 33.8. The number of piperidine rings is 1. The molecule has 1 aliphatic rings.